The van der Waals surface area contributed by atoms with Gasteiger partial charge in [-0.3, -0.25) is 9.97 Å². The van der Waals surface area contributed by atoms with E-state index in [4.69, 9.17) is 0 Å². The van der Waals surface area contributed by atoms with E-state index in [1.807, 2.05) is 24.5 Å². The highest BCUT2D eigenvalue weighted by atomic mass is 31.1. The smallest absolute Gasteiger partial charge is 0.0449 e. The van der Waals surface area contributed by atoms with Gasteiger partial charge < -0.3 is 0 Å². The van der Waals surface area contributed by atoms with Crippen molar-refractivity contribution in [3.63, 3.8) is 0 Å². The lowest BCUT2D eigenvalue weighted by Crippen LogP contribution is -2.05. The lowest BCUT2D eigenvalue weighted by Gasteiger charge is -2.17. The summed E-state index contributed by atoms with van der Waals surface area (Å²) in [6, 6.07) is 23.0. The van der Waals surface area contributed by atoms with Gasteiger partial charge in [0.2, 0.25) is 0 Å². The van der Waals surface area contributed by atoms with Crippen LogP contribution in [0.1, 0.15) is 11.4 Å². The molecule has 0 atom stereocenters. The molecule has 2 heterocycles. The van der Waals surface area contributed by atoms with E-state index in [9.17, 15) is 0 Å². The Morgan fingerprint density at radius 1 is 0.619 bits per heavy atom. The molecule has 104 valence electrons. The van der Waals surface area contributed by atoms with E-state index in [0.717, 1.165) is 23.7 Å². The quantitative estimate of drug-likeness (QED) is 0.665. The van der Waals surface area contributed by atoms with Crippen LogP contribution in [0.5, 0.6) is 0 Å². The molecule has 0 spiro atoms. The number of hydrogen-bond donors (Lipinski definition) is 0. The van der Waals surface area contributed by atoms with Crippen molar-refractivity contribution in [2.24, 2.45) is 0 Å². The summed E-state index contributed by atoms with van der Waals surface area (Å²) in [5.74, 6) is 0. The van der Waals surface area contributed by atoms with Crippen LogP contribution in [0.4, 0.5) is 0 Å². The highest BCUT2D eigenvalue weighted by Crippen LogP contribution is 2.41. The van der Waals surface area contributed by atoms with E-state index in [-0.39, 0.29) is 7.92 Å². The van der Waals surface area contributed by atoms with E-state index in [0.29, 0.717) is 0 Å². The summed E-state index contributed by atoms with van der Waals surface area (Å²) < 4.78 is 0. The number of pyridine rings is 2. The maximum atomic E-state index is 4.48. The first-order chi connectivity index (χ1) is 10.4. The zero-order chi connectivity index (χ0) is 14.3. The second-order valence-electron chi connectivity index (χ2n) is 4.83. The van der Waals surface area contributed by atoms with Gasteiger partial charge in [-0.2, -0.15) is 0 Å². The summed E-state index contributed by atoms with van der Waals surface area (Å²) in [6.45, 7) is 0. The first kappa shape index (κ1) is 13.9. The van der Waals surface area contributed by atoms with Gasteiger partial charge in [-0.15, -0.1) is 0 Å². The Morgan fingerprint density at radius 3 is 1.62 bits per heavy atom. The summed E-state index contributed by atoms with van der Waals surface area (Å²) >= 11 is 0. The van der Waals surface area contributed by atoms with Gasteiger partial charge >= 0.3 is 0 Å². The van der Waals surface area contributed by atoms with Crippen LogP contribution in [-0.4, -0.2) is 9.97 Å². The Kier molecular flexibility index (Phi) is 4.70. The van der Waals surface area contributed by atoms with Gasteiger partial charge in [0, 0.05) is 36.1 Å². The highest BCUT2D eigenvalue weighted by molar-refractivity contribution is 7.64. The van der Waals surface area contributed by atoms with Crippen molar-refractivity contribution in [1.82, 2.24) is 9.97 Å². The zero-order valence-corrected chi connectivity index (χ0v) is 12.7. The van der Waals surface area contributed by atoms with E-state index >= 15 is 0 Å². The first-order valence-corrected chi connectivity index (χ1v) is 8.73. The lowest BCUT2D eigenvalue weighted by atomic mass is 10.4. The topological polar surface area (TPSA) is 25.8 Å². The van der Waals surface area contributed by atoms with Crippen LogP contribution in [0.25, 0.3) is 0 Å². The fourth-order valence-electron chi connectivity index (χ4n) is 2.25. The molecule has 2 nitrogen and oxygen atoms in total. The molecule has 0 aliphatic heterocycles. The molecule has 0 saturated heterocycles. The van der Waals surface area contributed by atoms with Gasteiger partial charge in [-0.1, -0.05) is 50.4 Å². The van der Waals surface area contributed by atoms with Gasteiger partial charge in [0.15, 0.2) is 0 Å². The average Bonchev–Trinajstić information content (AvgIpc) is 2.57. The minimum atomic E-state index is -0.333. The molecule has 0 saturated carbocycles. The normalized spacial score (nSPS) is 10.7. The molecule has 3 heteroatoms. The van der Waals surface area contributed by atoms with Crippen molar-refractivity contribution < 1.29 is 0 Å². The third-order valence-electron chi connectivity index (χ3n) is 3.28. The number of nitrogens with zero attached hydrogens (tertiary/aromatic N) is 2. The summed E-state index contributed by atoms with van der Waals surface area (Å²) in [6.07, 6.45) is 5.73. The predicted octanol–water partition coefficient (Wildman–Crippen LogP) is 3.98. The molecule has 0 aliphatic carbocycles. The molecule has 0 bridgehead atoms. The Labute approximate surface area is 126 Å². The second kappa shape index (κ2) is 7.10. The van der Waals surface area contributed by atoms with Crippen LogP contribution in [0.3, 0.4) is 0 Å². The molecular formula is C18H17N2P. The van der Waals surface area contributed by atoms with Gasteiger partial charge in [0.25, 0.3) is 0 Å². The number of hydrogen-bond acceptors (Lipinski definition) is 2. The SMILES string of the molecule is c1ccc(P(Cc2ccccn2)Cc2ccccn2)cc1. The summed E-state index contributed by atoms with van der Waals surface area (Å²) in [5, 5.41) is 1.41. The van der Waals surface area contributed by atoms with Crippen LogP contribution in [0.15, 0.2) is 79.1 Å². The fraction of sp³-hybridized carbons (Fsp3) is 0.111. The molecule has 0 N–H and O–H groups in total. The van der Waals surface area contributed by atoms with Gasteiger partial charge in [0.1, 0.15) is 0 Å². The van der Waals surface area contributed by atoms with Crippen molar-refractivity contribution in [3.8, 4) is 0 Å². The monoisotopic (exact) mass is 292 g/mol. The van der Waals surface area contributed by atoms with E-state index in [2.05, 4.69) is 64.6 Å². The first-order valence-electron chi connectivity index (χ1n) is 7.01. The molecule has 2 aromatic heterocycles. The Balaban J connectivity index is 1.84. The summed E-state index contributed by atoms with van der Waals surface area (Å²) in [5.41, 5.74) is 2.31. The van der Waals surface area contributed by atoms with Gasteiger partial charge in [-0.25, -0.2) is 0 Å². The Bertz CT molecular complexity index is 615. The number of benzene rings is 1. The standard InChI is InChI=1S/C18H17N2P/c1-2-10-18(11-3-1)21(14-16-8-4-6-12-19-16)15-17-9-5-7-13-20-17/h1-13H,14-15H2. The molecule has 0 aliphatic rings. The van der Waals surface area contributed by atoms with Crippen molar-refractivity contribution in [3.05, 3.63) is 90.5 Å². The van der Waals surface area contributed by atoms with Crippen molar-refractivity contribution in [2.45, 2.75) is 12.3 Å². The fourth-order valence-corrected chi connectivity index (χ4v) is 4.48. The molecule has 0 amide bonds. The molecule has 1 aromatic carbocycles. The van der Waals surface area contributed by atoms with Crippen LogP contribution in [0, 0.1) is 0 Å². The molecule has 3 aromatic rings. The summed E-state index contributed by atoms with van der Waals surface area (Å²) in [7, 11) is -0.333. The minimum absolute atomic E-state index is 0.333. The zero-order valence-electron chi connectivity index (χ0n) is 11.8. The highest BCUT2D eigenvalue weighted by Gasteiger charge is 2.13. The Morgan fingerprint density at radius 2 is 1.14 bits per heavy atom. The van der Waals surface area contributed by atoms with E-state index < -0.39 is 0 Å². The third kappa shape index (κ3) is 3.96. The molecule has 0 unspecified atom stereocenters. The van der Waals surface area contributed by atoms with E-state index in [1.165, 1.54) is 5.30 Å². The maximum absolute atomic E-state index is 4.48. The number of aromatic nitrogens is 2. The van der Waals surface area contributed by atoms with Gasteiger partial charge in [0.05, 0.1) is 0 Å². The van der Waals surface area contributed by atoms with Crippen molar-refractivity contribution in [1.29, 1.82) is 0 Å². The van der Waals surface area contributed by atoms with Crippen molar-refractivity contribution >= 4 is 13.2 Å². The van der Waals surface area contributed by atoms with Crippen LogP contribution >= 0.6 is 7.92 Å². The molecule has 0 radical (unpaired) electrons. The largest absolute Gasteiger partial charge is 0.261 e. The van der Waals surface area contributed by atoms with Gasteiger partial charge in [-0.05, 0) is 29.6 Å². The van der Waals surface area contributed by atoms with E-state index in [1.54, 1.807) is 0 Å². The predicted molar refractivity (Wildman–Crippen MR) is 88.9 cm³/mol. The van der Waals surface area contributed by atoms with Crippen LogP contribution < -0.4 is 5.30 Å². The second-order valence-corrected chi connectivity index (χ2v) is 7.06. The minimum Gasteiger partial charge on any atom is -0.261 e. The Hall–Kier alpha value is -2.05. The van der Waals surface area contributed by atoms with Crippen LogP contribution in [0.2, 0.25) is 0 Å². The molecule has 0 fully saturated rings. The average molecular weight is 292 g/mol. The third-order valence-corrected chi connectivity index (χ3v) is 5.72. The molecular weight excluding hydrogens is 275 g/mol. The van der Waals surface area contributed by atoms with Crippen molar-refractivity contribution in [2.75, 3.05) is 0 Å². The van der Waals surface area contributed by atoms with Crippen LogP contribution in [-0.2, 0) is 12.3 Å². The lowest BCUT2D eigenvalue weighted by molar-refractivity contribution is 1.13. The maximum Gasteiger partial charge on any atom is 0.0449 e. The summed E-state index contributed by atoms with van der Waals surface area (Å²) in [4.78, 5) is 8.96. The molecule has 21 heavy (non-hydrogen) atoms. The number of rotatable bonds is 5. The molecule has 3 rings (SSSR count).